The van der Waals surface area contributed by atoms with Crippen LogP contribution in [0.25, 0.3) is 11.1 Å². The van der Waals surface area contributed by atoms with Gasteiger partial charge in [0.05, 0.1) is 6.54 Å². The predicted molar refractivity (Wildman–Crippen MR) is 128 cm³/mol. The maximum atomic E-state index is 11.1. The smallest absolute Gasteiger partial charge is 0.317 e. The Morgan fingerprint density at radius 1 is 0.938 bits per heavy atom. The molecule has 4 heteroatoms. The van der Waals surface area contributed by atoms with Crippen LogP contribution in [-0.4, -0.2) is 53.1 Å². The number of piperazine rings is 1. The molecule has 4 nitrogen and oxygen atoms in total. The van der Waals surface area contributed by atoms with Gasteiger partial charge in [0.15, 0.2) is 0 Å². The van der Waals surface area contributed by atoms with Crippen molar-refractivity contribution in [2.75, 3.05) is 26.2 Å². The van der Waals surface area contributed by atoms with Crippen LogP contribution in [0, 0.1) is 11.8 Å². The zero-order valence-corrected chi connectivity index (χ0v) is 18.4. The first-order chi connectivity index (χ1) is 15.6. The van der Waals surface area contributed by atoms with Crippen LogP contribution >= 0.6 is 0 Å². The molecule has 1 aliphatic rings. The average Bonchev–Trinajstić information content (AvgIpc) is 2.81. The summed E-state index contributed by atoms with van der Waals surface area (Å²) >= 11 is 0. The lowest BCUT2D eigenvalue weighted by molar-refractivity contribution is -0.139. The summed E-state index contributed by atoms with van der Waals surface area (Å²) < 4.78 is 0. The van der Waals surface area contributed by atoms with Gasteiger partial charge >= 0.3 is 5.97 Å². The van der Waals surface area contributed by atoms with E-state index in [1.807, 2.05) is 41.3 Å². The van der Waals surface area contributed by atoms with Crippen LogP contribution in [0.15, 0.2) is 78.9 Å². The van der Waals surface area contributed by atoms with Crippen molar-refractivity contribution in [3.63, 3.8) is 0 Å². The molecular formula is C28H28N2O2. The molecule has 3 aromatic rings. The van der Waals surface area contributed by atoms with E-state index in [4.69, 9.17) is 5.11 Å². The minimum atomic E-state index is -0.760. The summed E-state index contributed by atoms with van der Waals surface area (Å²) in [4.78, 5) is 15.6. The van der Waals surface area contributed by atoms with Crippen LogP contribution in [-0.2, 0) is 11.3 Å². The molecule has 3 aromatic carbocycles. The summed E-state index contributed by atoms with van der Waals surface area (Å²) in [6, 6.07) is 27.2. The summed E-state index contributed by atoms with van der Waals surface area (Å²) in [5, 5.41) is 9.12. The fraction of sp³-hybridized carbons (Fsp3) is 0.250. The molecule has 1 aliphatic heterocycles. The Labute approximate surface area is 190 Å². The summed E-state index contributed by atoms with van der Waals surface area (Å²) in [7, 11) is 0. The maximum Gasteiger partial charge on any atom is 0.317 e. The lowest BCUT2D eigenvalue weighted by Crippen LogP contribution is -2.52. The van der Waals surface area contributed by atoms with Gasteiger partial charge in [0.1, 0.15) is 0 Å². The minimum absolute atomic E-state index is 0.110. The number of hydrogen-bond donors (Lipinski definition) is 1. The third kappa shape index (κ3) is 5.64. The second-order valence-electron chi connectivity index (χ2n) is 8.30. The van der Waals surface area contributed by atoms with E-state index < -0.39 is 5.97 Å². The average molecular weight is 425 g/mol. The topological polar surface area (TPSA) is 43.8 Å². The third-order valence-electron chi connectivity index (χ3n) is 5.90. The van der Waals surface area contributed by atoms with Gasteiger partial charge in [-0.3, -0.25) is 14.6 Å². The number of benzene rings is 3. The van der Waals surface area contributed by atoms with Gasteiger partial charge in [0.2, 0.25) is 0 Å². The molecule has 1 N–H and O–H groups in total. The van der Waals surface area contributed by atoms with Crippen LogP contribution in [0.2, 0.25) is 0 Å². The number of carbonyl (C=O) groups is 1. The Kier molecular flexibility index (Phi) is 7.01. The van der Waals surface area contributed by atoms with Gasteiger partial charge in [-0.25, -0.2) is 0 Å². The molecule has 0 saturated carbocycles. The molecular weight excluding hydrogens is 396 g/mol. The second-order valence-corrected chi connectivity index (χ2v) is 8.30. The molecule has 0 radical (unpaired) electrons. The second kappa shape index (κ2) is 10.3. The zero-order chi connectivity index (χ0) is 22.3. The molecule has 1 saturated heterocycles. The van der Waals surface area contributed by atoms with E-state index in [0.717, 1.165) is 37.3 Å². The Hall–Kier alpha value is -3.39. The van der Waals surface area contributed by atoms with Crippen LogP contribution in [0.5, 0.6) is 0 Å². The molecule has 1 atom stereocenters. The van der Waals surface area contributed by atoms with Crippen molar-refractivity contribution in [3.8, 4) is 23.0 Å². The Bertz CT molecular complexity index is 1120. The molecule has 1 heterocycles. The molecule has 0 amide bonds. The Morgan fingerprint density at radius 3 is 2.31 bits per heavy atom. The van der Waals surface area contributed by atoms with Gasteiger partial charge in [0, 0.05) is 43.3 Å². The summed E-state index contributed by atoms with van der Waals surface area (Å²) in [6.07, 6.45) is 0. The van der Waals surface area contributed by atoms with Crippen molar-refractivity contribution in [1.29, 1.82) is 0 Å². The lowest BCUT2D eigenvalue weighted by Gasteiger charge is -2.39. The molecule has 0 unspecified atom stereocenters. The van der Waals surface area contributed by atoms with Crippen molar-refractivity contribution in [3.05, 3.63) is 95.6 Å². The first-order valence-corrected chi connectivity index (χ1v) is 11.0. The van der Waals surface area contributed by atoms with Crippen molar-refractivity contribution in [2.24, 2.45) is 0 Å². The molecule has 0 aliphatic carbocycles. The number of aliphatic carboxylic acids is 1. The van der Waals surface area contributed by atoms with Gasteiger partial charge in [0.25, 0.3) is 0 Å². The Balaban J connectivity index is 1.57. The van der Waals surface area contributed by atoms with Crippen molar-refractivity contribution in [2.45, 2.75) is 19.5 Å². The SMILES string of the molecule is C[C@@H]1CN(Cc2ccc(C#Cc3ccccc3)cc2-c2ccccc2)CCN1CC(=O)O. The monoisotopic (exact) mass is 424 g/mol. The fourth-order valence-electron chi connectivity index (χ4n) is 4.21. The molecule has 32 heavy (non-hydrogen) atoms. The summed E-state index contributed by atoms with van der Waals surface area (Å²) in [5.74, 6) is 5.80. The quantitative estimate of drug-likeness (QED) is 0.619. The maximum absolute atomic E-state index is 11.1. The van der Waals surface area contributed by atoms with Gasteiger partial charge in [-0.1, -0.05) is 66.4 Å². The van der Waals surface area contributed by atoms with E-state index in [0.29, 0.717) is 0 Å². The number of rotatable bonds is 5. The van der Waals surface area contributed by atoms with Gasteiger partial charge in [-0.15, -0.1) is 0 Å². The third-order valence-corrected chi connectivity index (χ3v) is 5.90. The van der Waals surface area contributed by atoms with E-state index in [2.05, 4.69) is 66.1 Å². The van der Waals surface area contributed by atoms with Crippen LogP contribution < -0.4 is 0 Å². The van der Waals surface area contributed by atoms with Gasteiger partial charge in [-0.05, 0) is 47.9 Å². The zero-order valence-electron chi connectivity index (χ0n) is 18.4. The van der Waals surface area contributed by atoms with E-state index in [9.17, 15) is 4.79 Å². The molecule has 1 fully saturated rings. The molecule has 0 aromatic heterocycles. The van der Waals surface area contributed by atoms with E-state index >= 15 is 0 Å². The molecule has 0 bridgehead atoms. The lowest BCUT2D eigenvalue weighted by atomic mass is 9.96. The first kappa shape index (κ1) is 21.8. The van der Waals surface area contributed by atoms with E-state index in [1.165, 1.54) is 16.7 Å². The largest absolute Gasteiger partial charge is 0.480 e. The summed E-state index contributed by atoms with van der Waals surface area (Å²) in [5.41, 5.74) is 5.65. The highest BCUT2D eigenvalue weighted by Crippen LogP contribution is 2.27. The van der Waals surface area contributed by atoms with Crippen LogP contribution in [0.4, 0.5) is 0 Å². The van der Waals surface area contributed by atoms with Crippen LogP contribution in [0.3, 0.4) is 0 Å². The van der Waals surface area contributed by atoms with E-state index in [-0.39, 0.29) is 12.6 Å². The number of carboxylic acids is 1. The predicted octanol–water partition coefficient (Wildman–Crippen LogP) is 4.34. The van der Waals surface area contributed by atoms with Gasteiger partial charge < -0.3 is 5.11 Å². The first-order valence-electron chi connectivity index (χ1n) is 11.0. The fourth-order valence-corrected chi connectivity index (χ4v) is 4.21. The van der Waals surface area contributed by atoms with E-state index in [1.54, 1.807) is 0 Å². The molecule has 162 valence electrons. The molecule has 4 rings (SSSR count). The van der Waals surface area contributed by atoms with Crippen molar-refractivity contribution in [1.82, 2.24) is 9.80 Å². The minimum Gasteiger partial charge on any atom is -0.480 e. The number of carboxylic acid groups (broad SMARTS) is 1. The highest BCUT2D eigenvalue weighted by atomic mass is 16.4. The van der Waals surface area contributed by atoms with Gasteiger partial charge in [-0.2, -0.15) is 0 Å². The normalized spacial score (nSPS) is 16.8. The highest BCUT2D eigenvalue weighted by molar-refractivity contribution is 5.70. The summed E-state index contributed by atoms with van der Waals surface area (Å²) in [6.45, 7) is 5.55. The Morgan fingerprint density at radius 2 is 1.62 bits per heavy atom. The van der Waals surface area contributed by atoms with Crippen molar-refractivity contribution < 1.29 is 9.90 Å². The number of nitrogens with zero attached hydrogens (tertiary/aromatic N) is 2. The number of hydrogen-bond acceptors (Lipinski definition) is 3. The molecule has 0 spiro atoms. The van der Waals surface area contributed by atoms with Crippen molar-refractivity contribution >= 4 is 5.97 Å². The standard InChI is InChI=1S/C28H28N2O2/c1-22-19-29(16-17-30(22)21-28(31)32)20-26-15-14-24(13-12-23-8-4-2-5-9-23)18-27(26)25-10-6-3-7-11-25/h2-11,14-15,18,22H,16-17,19-21H2,1H3,(H,31,32)/t22-/m1/s1. The van der Waals surface area contributed by atoms with Crippen LogP contribution in [0.1, 0.15) is 23.6 Å². The highest BCUT2D eigenvalue weighted by Gasteiger charge is 2.25.